The van der Waals surface area contributed by atoms with E-state index < -0.39 is 6.04 Å². The van der Waals surface area contributed by atoms with Crippen molar-refractivity contribution in [1.29, 1.82) is 0 Å². The van der Waals surface area contributed by atoms with Gasteiger partial charge in [-0.1, -0.05) is 41.6 Å². The first-order valence-corrected chi connectivity index (χ1v) is 12.6. The van der Waals surface area contributed by atoms with Crippen molar-refractivity contribution in [2.75, 3.05) is 25.1 Å². The number of hydrogen-bond donors (Lipinski definition) is 1. The molecule has 0 unspecified atom stereocenters. The zero-order valence-electron chi connectivity index (χ0n) is 21.0. The van der Waals surface area contributed by atoms with E-state index in [0.717, 1.165) is 28.4 Å². The highest BCUT2D eigenvalue weighted by Gasteiger charge is 2.38. The maximum absolute atomic E-state index is 13.4. The van der Waals surface area contributed by atoms with E-state index >= 15 is 0 Å². The first kappa shape index (κ1) is 24.4. The monoisotopic (exact) mass is 498 g/mol. The predicted molar refractivity (Wildman–Crippen MR) is 145 cm³/mol. The Morgan fingerprint density at radius 1 is 0.973 bits per heavy atom. The van der Waals surface area contributed by atoms with Gasteiger partial charge in [0.25, 0.3) is 5.91 Å². The number of aryl methyl sites for hydroxylation is 1. The molecule has 4 aromatic rings. The van der Waals surface area contributed by atoms with Crippen molar-refractivity contribution in [2.24, 2.45) is 5.16 Å². The topological polar surface area (TPSA) is 85.2 Å². The molecule has 37 heavy (non-hydrogen) atoms. The van der Waals surface area contributed by atoms with Crippen LogP contribution in [0.1, 0.15) is 20.3 Å². The molecule has 8 heteroatoms. The van der Waals surface area contributed by atoms with E-state index in [1.165, 1.54) is 4.90 Å². The van der Waals surface area contributed by atoms with Gasteiger partial charge in [0.15, 0.2) is 6.61 Å². The molecule has 0 radical (unpaired) electrons. The van der Waals surface area contributed by atoms with Crippen molar-refractivity contribution in [3.8, 4) is 5.75 Å². The van der Waals surface area contributed by atoms with Crippen molar-refractivity contribution < 1.29 is 19.2 Å². The Hall–Kier alpha value is -4.33. The van der Waals surface area contributed by atoms with E-state index in [1.807, 2.05) is 55.5 Å². The summed E-state index contributed by atoms with van der Waals surface area (Å²) >= 11 is 0. The molecule has 3 aromatic carbocycles. The number of nitrogens with one attached hydrogen (secondary N) is 1. The molecule has 1 fully saturated rings. The number of para-hydroxylation sites is 2. The van der Waals surface area contributed by atoms with Crippen LogP contribution in [0.15, 0.2) is 78.0 Å². The standard InChI is InChI=1S/C29H30N4O4/c1-3-32-25-13-9-8-12-23(25)24-16-20(14-15-26(24)32)30-29(35)27-17-21(31-37-4-2)18-33(27)28(34)19-36-22-10-6-5-7-11-22/h5-16,27H,3-4,17-19H2,1-2H3,(H,30,35)/b31-21-/t27-/m0/s1. The van der Waals surface area contributed by atoms with E-state index in [9.17, 15) is 9.59 Å². The normalized spacial score (nSPS) is 16.4. The number of aromatic nitrogens is 1. The van der Waals surface area contributed by atoms with Crippen LogP contribution >= 0.6 is 0 Å². The largest absolute Gasteiger partial charge is 0.484 e. The molecule has 190 valence electrons. The number of rotatable bonds is 8. The number of likely N-dealkylation sites (tertiary alicyclic amines) is 1. The Morgan fingerprint density at radius 2 is 1.73 bits per heavy atom. The summed E-state index contributed by atoms with van der Waals surface area (Å²) in [5, 5.41) is 9.35. The van der Waals surface area contributed by atoms with Gasteiger partial charge < -0.3 is 24.4 Å². The zero-order chi connectivity index (χ0) is 25.8. The second kappa shape index (κ2) is 10.7. The van der Waals surface area contributed by atoms with Gasteiger partial charge in [0.1, 0.15) is 18.4 Å². The fraction of sp³-hybridized carbons (Fsp3) is 0.276. The molecule has 1 aliphatic heterocycles. The first-order chi connectivity index (χ1) is 18.1. The molecule has 1 atom stereocenters. The molecule has 0 spiro atoms. The molecule has 2 amide bonds. The van der Waals surface area contributed by atoms with E-state index in [4.69, 9.17) is 9.57 Å². The summed E-state index contributed by atoms with van der Waals surface area (Å²) in [4.78, 5) is 33.2. The zero-order valence-corrected chi connectivity index (χ0v) is 21.0. The summed E-state index contributed by atoms with van der Waals surface area (Å²) in [6.07, 6.45) is 0.306. The number of amides is 2. The van der Waals surface area contributed by atoms with Crippen LogP contribution in [0.5, 0.6) is 5.75 Å². The Morgan fingerprint density at radius 3 is 2.51 bits per heavy atom. The van der Waals surface area contributed by atoms with Gasteiger partial charge >= 0.3 is 0 Å². The number of ether oxygens (including phenoxy) is 1. The van der Waals surface area contributed by atoms with Crippen molar-refractivity contribution >= 4 is 45.0 Å². The van der Waals surface area contributed by atoms with Crippen LogP contribution in [0.2, 0.25) is 0 Å². The van der Waals surface area contributed by atoms with Crippen LogP contribution in [0.3, 0.4) is 0 Å². The van der Waals surface area contributed by atoms with Gasteiger partial charge in [-0.25, -0.2) is 0 Å². The number of benzene rings is 3. The van der Waals surface area contributed by atoms with Crippen LogP contribution in [-0.2, 0) is 21.0 Å². The lowest BCUT2D eigenvalue weighted by molar-refractivity contribution is -0.138. The molecule has 2 heterocycles. The number of nitrogens with zero attached hydrogens (tertiary/aromatic N) is 3. The summed E-state index contributed by atoms with van der Waals surface area (Å²) in [5.41, 5.74) is 3.60. The quantitative estimate of drug-likeness (QED) is 0.353. The minimum atomic E-state index is -0.709. The van der Waals surface area contributed by atoms with Crippen LogP contribution in [-0.4, -0.2) is 52.8 Å². The van der Waals surface area contributed by atoms with Gasteiger partial charge in [0.05, 0.1) is 12.3 Å². The number of hydrogen-bond acceptors (Lipinski definition) is 5. The van der Waals surface area contributed by atoms with Crippen molar-refractivity contribution in [3.05, 3.63) is 72.8 Å². The Bertz CT molecular complexity index is 1460. The van der Waals surface area contributed by atoms with E-state index in [0.29, 0.717) is 30.2 Å². The molecule has 8 nitrogen and oxygen atoms in total. The maximum atomic E-state index is 13.4. The molecule has 1 saturated heterocycles. The minimum Gasteiger partial charge on any atom is -0.484 e. The third kappa shape index (κ3) is 5.00. The predicted octanol–water partition coefficient (Wildman–Crippen LogP) is 4.83. The highest BCUT2D eigenvalue weighted by Crippen LogP contribution is 2.31. The molecule has 1 N–H and O–H groups in total. The van der Waals surface area contributed by atoms with Gasteiger partial charge in [-0.05, 0) is 50.2 Å². The second-order valence-corrected chi connectivity index (χ2v) is 8.90. The molecule has 5 rings (SSSR count). The number of carbonyl (C=O) groups is 2. The molecule has 1 aliphatic rings. The Balaban J connectivity index is 1.37. The summed E-state index contributed by atoms with van der Waals surface area (Å²) < 4.78 is 7.91. The number of fused-ring (bicyclic) bond motifs is 3. The average Bonchev–Trinajstić information content (AvgIpc) is 3.50. The first-order valence-electron chi connectivity index (χ1n) is 12.6. The summed E-state index contributed by atoms with van der Waals surface area (Å²) in [6, 6.07) is 22.6. The highest BCUT2D eigenvalue weighted by molar-refractivity contribution is 6.11. The van der Waals surface area contributed by atoms with Crippen LogP contribution in [0, 0.1) is 0 Å². The molecule has 1 aromatic heterocycles. The van der Waals surface area contributed by atoms with Crippen LogP contribution in [0.4, 0.5) is 5.69 Å². The molecule has 0 saturated carbocycles. The lowest BCUT2D eigenvalue weighted by atomic mass is 10.1. The van der Waals surface area contributed by atoms with Crippen molar-refractivity contribution in [1.82, 2.24) is 9.47 Å². The van der Waals surface area contributed by atoms with Crippen molar-refractivity contribution in [3.63, 3.8) is 0 Å². The second-order valence-electron chi connectivity index (χ2n) is 8.90. The lowest BCUT2D eigenvalue weighted by Crippen LogP contribution is -2.45. The molecule has 0 aliphatic carbocycles. The maximum Gasteiger partial charge on any atom is 0.261 e. The third-order valence-electron chi connectivity index (χ3n) is 6.57. The van der Waals surface area contributed by atoms with Crippen LogP contribution in [0.25, 0.3) is 21.8 Å². The summed E-state index contributed by atoms with van der Waals surface area (Å²) in [7, 11) is 0. The SMILES string of the molecule is CCO/N=C1/C[C@@H](C(=O)Nc2ccc3c(c2)c2ccccc2n3CC)N(C(=O)COc2ccccc2)C1. The van der Waals surface area contributed by atoms with Gasteiger partial charge in [-0.3, -0.25) is 9.59 Å². The third-order valence-corrected chi connectivity index (χ3v) is 6.57. The molecular weight excluding hydrogens is 468 g/mol. The van der Waals surface area contributed by atoms with Gasteiger partial charge in [0, 0.05) is 40.5 Å². The number of anilines is 1. The van der Waals surface area contributed by atoms with Crippen LogP contribution < -0.4 is 10.1 Å². The Kier molecular flexibility index (Phi) is 7.07. The fourth-order valence-electron chi connectivity index (χ4n) is 4.87. The average molecular weight is 499 g/mol. The molecule has 0 bridgehead atoms. The summed E-state index contributed by atoms with van der Waals surface area (Å²) in [5.74, 6) is 0.0410. The Labute approximate surface area is 215 Å². The lowest BCUT2D eigenvalue weighted by Gasteiger charge is -2.23. The van der Waals surface area contributed by atoms with E-state index in [1.54, 1.807) is 12.1 Å². The number of oxime groups is 1. The smallest absolute Gasteiger partial charge is 0.261 e. The fourth-order valence-corrected chi connectivity index (χ4v) is 4.87. The van der Waals surface area contributed by atoms with Gasteiger partial charge in [0.2, 0.25) is 5.91 Å². The van der Waals surface area contributed by atoms with E-state index in [2.05, 4.69) is 34.1 Å². The molecular formula is C29H30N4O4. The van der Waals surface area contributed by atoms with E-state index in [-0.39, 0.29) is 25.0 Å². The van der Waals surface area contributed by atoms with Gasteiger partial charge in [-0.15, -0.1) is 0 Å². The minimum absolute atomic E-state index is 0.168. The number of carbonyl (C=O) groups excluding carboxylic acids is 2. The summed E-state index contributed by atoms with van der Waals surface area (Å²) in [6.45, 7) is 5.27. The van der Waals surface area contributed by atoms with Gasteiger partial charge in [-0.2, -0.15) is 0 Å². The highest BCUT2D eigenvalue weighted by atomic mass is 16.6. The van der Waals surface area contributed by atoms with Crippen molar-refractivity contribution in [2.45, 2.75) is 32.9 Å².